The number of benzene rings is 8. The van der Waals surface area contributed by atoms with Gasteiger partial charge in [0.2, 0.25) is 0 Å². The average molecular weight is 1630 g/mol. The molecule has 6 fully saturated rings. The minimum atomic E-state index is -3.08. The molecule has 642 valence electrons. The Morgan fingerprint density at radius 2 is 0.758 bits per heavy atom. The van der Waals surface area contributed by atoms with Gasteiger partial charge in [-0.1, -0.05) is 297 Å². The summed E-state index contributed by atoms with van der Waals surface area (Å²) in [5, 5.41) is 3.90. The van der Waals surface area contributed by atoms with Gasteiger partial charge >= 0.3 is 0 Å². The first-order valence-corrected chi connectivity index (χ1v) is 45.4. The van der Waals surface area contributed by atoms with E-state index in [2.05, 4.69) is 102 Å². The van der Waals surface area contributed by atoms with Gasteiger partial charge in [-0.3, -0.25) is 0 Å². The summed E-state index contributed by atoms with van der Waals surface area (Å²) in [6, 6.07) is 58.4. The maximum absolute atomic E-state index is 8.98. The predicted octanol–water partition coefficient (Wildman–Crippen LogP) is 32.1. The molecule has 0 bridgehead atoms. The minimum absolute atomic E-state index is 0.0205. The molecule has 3 aliphatic carbocycles. The zero-order chi connectivity index (χ0) is 101. The van der Waals surface area contributed by atoms with Gasteiger partial charge in [0.1, 0.15) is 17.0 Å². The van der Waals surface area contributed by atoms with Crippen LogP contribution in [0.15, 0.2) is 197 Å². The Labute approximate surface area is 751 Å². The van der Waals surface area contributed by atoms with Crippen molar-refractivity contribution in [2.24, 2.45) is 29.1 Å². The molecule has 0 amide bonds. The fourth-order valence-electron chi connectivity index (χ4n) is 21.1. The molecule has 8 aliphatic rings. The Bertz CT molecular complexity index is 5880. The van der Waals surface area contributed by atoms with Gasteiger partial charge in [0, 0.05) is 138 Å². The number of anilines is 7. The van der Waals surface area contributed by atoms with Crippen molar-refractivity contribution < 1.29 is 33.5 Å². The number of aromatic nitrogens is 1. The third-order valence-corrected chi connectivity index (χ3v) is 28.2. The van der Waals surface area contributed by atoms with Gasteiger partial charge in [-0.2, -0.15) is 0 Å². The topological polar surface area (TPSA) is 55.4 Å². The fourth-order valence-corrected chi connectivity index (χ4v) is 21.1. The molecule has 3 saturated carbocycles. The van der Waals surface area contributed by atoms with E-state index in [9.17, 15) is 0 Å². The molecule has 8 heterocycles. The van der Waals surface area contributed by atoms with Crippen molar-refractivity contribution in [2.75, 3.05) is 24.5 Å². The number of rotatable bonds is 7. The Morgan fingerprint density at radius 3 is 1.21 bits per heavy atom. The molecular weight excluding hydrogens is 1460 g/mol. The summed E-state index contributed by atoms with van der Waals surface area (Å²) < 4.78 is 162. The predicted molar refractivity (Wildman–Crippen MR) is 520 cm³/mol. The summed E-state index contributed by atoms with van der Waals surface area (Å²) in [6.07, 6.45) is 22.6. The van der Waals surface area contributed by atoms with Gasteiger partial charge < -0.3 is 33.3 Å². The minimum Gasteiger partial charge on any atom is -0.454 e. The average Bonchev–Trinajstić information content (AvgIpc) is 1.49. The van der Waals surface area contributed by atoms with Crippen LogP contribution in [0.1, 0.15) is 323 Å². The molecule has 19 rings (SSSR count). The monoisotopic (exact) mass is 1630 g/mol. The van der Waals surface area contributed by atoms with Crippen molar-refractivity contribution in [3.8, 4) is 0 Å². The first kappa shape index (κ1) is 68.0. The third kappa shape index (κ3) is 18.4. The summed E-state index contributed by atoms with van der Waals surface area (Å²) >= 11 is 0. The summed E-state index contributed by atoms with van der Waals surface area (Å²) in [4.78, 5) is 14.9. The van der Waals surface area contributed by atoms with Gasteiger partial charge in [0.05, 0.1) is 11.4 Å². The second kappa shape index (κ2) is 36.9. The van der Waals surface area contributed by atoms with Crippen molar-refractivity contribution in [1.82, 2.24) is 4.98 Å². The Morgan fingerprint density at radius 1 is 0.367 bits per heavy atom. The number of pyridine rings is 1. The van der Waals surface area contributed by atoms with Gasteiger partial charge in [-0.25, -0.2) is 4.98 Å². The van der Waals surface area contributed by atoms with Gasteiger partial charge in [0.15, 0.2) is 11.2 Å². The van der Waals surface area contributed by atoms with Crippen molar-refractivity contribution in [1.29, 1.82) is 0 Å². The molecule has 0 spiro atoms. The van der Waals surface area contributed by atoms with E-state index in [4.69, 9.17) is 33.5 Å². The molecule has 8 aromatic carbocycles. The lowest BCUT2D eigenvalue weighted by molar-refractivity contribution is 0.244. The fraction of sp³-hybridized carbons (Fsp3) is 0.527. The van der Waals surface area contributed by atoms with Gasteiger partial charge in [-0.05, 0) is 241 Å². The molecule has 5 aliphatic heterocycles. The van der Waals surface area contributed by atoms with Crippen LogP contribution in [0.3, 0.4) is 0 Å². The summed E-state index contributed by atoms with van der Waals surface area (Å²) in [5.41, 5.74) is 8.73. The van der Waals surface area contributed by atoms with Crippen LogP contribution in [0.25, 0.3) is 43.9 Å². The molecule has 8 nitrogen and oxygen atoms in total. The highest BCUT2D eigenvalue weighted by molar-refractivity contribution is 6.11. The molecule has 11 aromatic rings. The van der Waals surface area contributed by atoms with Crippen LogP contribution >= 0.6 is 0 Å². The molecule has 9 atom stereocenters. The van der Waals surface area contributed by atoms with E-state index in [0.29, 0.717) is 16.9 Å². The van der Waals surface area contributed by atoms with Crippen LogP contribution in [-0.4, -0.2) is 51.8 Å². The number of nitrogens with zero attached hydrogens (tertiary/aromatic N) is 6. The molecule has 9 unspecified atom stereocenters. The lowest BCUT2D eigenvalue weighted by atomic mass is 9.78. The number of aryl methyl sites for hydroxylation is 5. The highest BCUT2D eigenvalue weighted by atomic mass is 16.3. The van der Waals surface area contributed by atoms with Crippen LogP contribution < -0.4 is 24.5 Å². The summed E-state index contributed by atoms with van der Waals surface area (Å²) in [6.45, 7) is 28.5. The van der Waals surface area contributed by atoms with Crippen molar-refractivity contribution in [2.45, 2.75) is 352 Å². The van der Waals surface area contributed by atoms with E-state index in [0.717, 1.165) is 112 Å². The first-order chi connectivity index (χ1) is 64.4. The molecule has 3 saturated heterocycles. The second-order valence-electron chi connectivity index (χ2n) is 38.3. The molecule has 0 N–H and O–H groups in total. The van der Waals surface area contributed by atoms with Crippen molar-refractivity contribution in [3.05, 3.63) is 227 Å². The normalized spacial score (nSPS) is 29.1. The van der Waals surface area contributed by atoms with Gasteiger partial charge in [0.25, 0.3) is 0 Å². The van der Waals surface area contributed by atoms with Crippen LogP contribution in [0.4, 0.5) is 39.9 Å². The lowest BCUT2D eigenvalue weighted by Gasteiger charge is -2.38. The zero-order valence-electron chi connectivity index (χ0n) is 94.1. The number of para-hydroxylation sites is 6. The number of fused-ring (bicyclic) bond motifs is 8. The van der Waals surface area contributed by atoms with E-state index < -0.39 is 85.4 Å². The van der Waals surface area contributed by atoms with E-state index >= 15 is 0 Å². The van der Waals surface area contributed by atoms with Crippen LogP contribution in [0, 0.1) is 63.7 Å². The maximum Gasteiger partial charge on any atom is 0.158 e. The Kier molecular flexibility index (Phi) is 20.9. The molecule has 0 radical (unpaired) electrons. The standard InChI is InChI=1S/C22H27NO.C21H25NO.C18H21N.C17H20N2.C15H23N.C13H24.C6H12/c1-14-11-12-17-16-9-7-8-10-18(16)24-20(17)19(14)23-15(2)21(3,4)13-22(23,5)6;1-13-10-11-17-16-8-6-7-9-18(16)23-20(17)19(13)22-15(3)14(2)12-21(22,4)5;1-13-9-5-7-11-16(13)19-14(2)18(3,4)15-10-6-8-12-17(15)19;1-12-8-5-6-10-15(12)19-13(2)17(3,4)14-9-7-11-18-16(14)19;1-11-8-6-7-9-14(11)16-13(3)12(2)10-15(16,4)5;1-3-7-12(8-4-1)11-13-9-5-2-6-10-13;1-2-4-6-5-3-1/h7-12,15H,13H2,1-6H3;6-11,14-15H,12H2,1-5H3;5-12,14H,1-4H3;5-11,13H,1-4H3;6-9,12-13H,10H2,1-5H3;12-13H,1-11H2;1-6H2/i3D3,4D3,13D2;12D2;2*3D3;10D2;;. The quantitative estimate of drug-likeness (QED) is 0.156. The van der Waals surface area contributed by atoms with Crippen molar-refractivity contribution in [3.63, 3.8) is 0 Å². The number of furan rings is 2. The maximum atomic E-state index is 8.98. The van der Waals surface area contributed by atoms with E-state index in [-0.39, 0.29) is 36.0 Å². The third-order valence-electron chi connectivity index (χ3n) is 28.2. The molecular formula is C112H152N6O2. The highest BCUT2D eigenvalue weighted by Crippen LogP contribution is 2.55. The lowest BCUT2D eigenvalue weighted by Crippen LogP contribution is -2.43. The van der Waals surface area contributed by atoms with E-state index in [1.165, 1.54) is 89.5 Å². The van der Waals surface area contributed by atoms with Crippen LogP contribution in [-0.2, 0) is 10.8 Å². The summed E-state index contributed by atoms with van der Waals surface area (Å²) in [5.74, 6) is 2.95. The van der Waals surface area contributed by atoms with Gasteiger partial charge in [-0.15, -0.1) is 0 Å². The van der Waals surface area contributed by atoms with Crippen LogP contribution in [0.5, 0.6) is 0 Å². The SMILES string of the molecule is C1CCC(CC2CCCCC2)CC1.C1CCCCC1.[2H]C([2H])([2H])C1(C([2H])([2H])[2H])C(C)N(c2c(C)ccc3c2oc2ccccc23)C(C)(C)C1([2H])[2H].[2H]C([2H])([2H])C1(C)c2ccccc2N(c2ccccc2C)C1C.[2H]C([2H])([2H])C1(C)c2cccnc2N(c2ccccc2C)C1C.[2H]C1([2H])C(C)C(C)N(c2c(C)ccc3c2oc2ccccc23)C1(C)C.[2H]C1([2H])C(C)C(C)N(c2ccccc2C)C1(C)C. The molecule has 120 heavy (non-hydrogen) atoms. The van der Waals surface area contributed by atoms with E-state index in [1.807, 2.05) is 223 Å². The number of hydrogen-bond acceptors (Lipinski definition) is 8. The first-order valence-electron chi connectivity index (χ1n) is 54.4. The largest absolute Gasteiger partial charge is 0.454 e. The highest BCUT2D eigenvalue weighted by Gasteiger charge is 2.51. The Balaban J connectivity index is 0.000000140. The second-order valence-corrected chi connectivity index (χ2v) is 38.3. The zero-order valence-corrected chi connectivity index (χ0v) is 76.1. The molecule has 8 heteroatoms. The summed E-state index contributed by atoms with van der Waals surface area (Å²) in [7, 11) is 0. The Hall–Kier alpha value is -8.49. The van der Waals surface area contributed by atoms with Crippen LogP contribution in [0.2, 0.25) is 0 Å². The van der Waals surface area contributed by atoms with Crippen molar-refractivity contribution >= 4 is 83.8 Å². The molecule has 3 aromatic heterocycles. The number of hydrogen-bond donors (Lipinski definition) is 0. The smallest absolute Gasteiger partial charge is 0.158 e. The van der Waals surface area contributed by atoms with E-state index in [1.54, 1.807) is 57.0 Å².